The Balaban J connectivity index is 1.38. The van der Waals surface area contributed by atoms with E-state index < -0.39 is 24.5 Å². The number of rotatable bonds is 7. The molecule has 1 aliphatic rings. The molecule has 4 rings (SSSR count). The molecular formula is C22H18ClN3O5S. The number of hydrogen-bond acceptors (Lipinski definition) is 7. The van der Waals surface area contributed by atoms with Crippen molar-refractivity contribution in [1.82, 2.24) is 10.3 Å². The van der Waals surface area contributed by atoms with E-state index in [1.165, 1.54) is 22.6 Å². The summed E-state index contributed by atoms with van der Waals surface area (Å²) in [6, 6.07) is 13.6. The van der Waals surface area contributed by atoms with Gasteiger partial charge in [-0.1, -0.05) is 29.8 Å². The van der Waals surface area contributed by atoms with Crippen LogP contribution >= 0.6 is 22.9 Å². The molecule has 0 saturated carbocycles. The number of furan rings is 1. The molecule has 0 fully saturated rings. The summed E-state index contributed by atoms with van der Waals surface area (Å²) >= 11 is 7.22. The summed E-state index contributed by atoms with van der Waals surface area (Å²) in [5, 5.41) is 10.5. The van der Waals surface area contributed by atoms with Crippen molar-refractivity contribution in [3.63, 3.8) is 0 Å². The predicted molar refractivity (Wildman–Crippen MR) is 119 cm³/mol. The first kappa shape index (κ1) is 21.8. The van der Waals surface area contributed by atoms with Crippen molar-refractivity contribution in [2.24, 2.45) is 5.10 Å². The van der Waals surface area contributed by atoms with Crippen LogP contribution in [0.2, 0.25) is 5.02 Å². The molecule has 3 heterocycles. The fourth-order valence-corrected chi connectivity index (χ4v) is 3.93. The largest absolute Gasteiger partial charge is 0.467 e. The quantitative estimate of drug-likeness (QED) is 0.530. The van der Waals surface area contributed by atoms with Crippen molar-refractivity contribution in [2.75, 3.05) is 13.2 Å². The lowest BCUT2D eigenvalue weighted by Crippen LogP contribution is -2.34. The Morgan fingerprint density at radius 2 is 2.00 bits per heavy atom. The van der Waals surface area contributed by atoms with Crippen LogP contribution in [0.15, 0.2) is 69.7 Å². The minimum Gasteiger partial charge on any atom is -0.467 e. The van der Waals surface area contributed by atoms with Crippen LogP contribution in [0.3, 0.4) is 0 Å². The molecule has 3 aromatic rings. The lowest BCUT2D eigenvalue weighted by atomic mass is 10.0. The van der Waals surface area contributed by atoms with Gasteiger partial charge in [0.25, 0.3) is 11.8 Å². The van der Waals surface area contributed by atoms with Crippen molar-refractivity contribution in [2.45, 2.75) is 12.5 Å². The van der Waals surface area contributed by atoms with Crippen LogP contribution in [-0.4, -0.2) is 41.7 Å². The topological polar surface area (TPSA) is 101 Å². The number of esters is 1. The Morgan fingerprint density at radius 1 is 1.19 bits per heavy atom. The van der Waals surface area contributed by atoms with Crippen molar-refractivity contribution in [3.8, 4) is 0 Å². The molecule has 1 unspecified atom stereocenters. The van der Waals surface area contributed by atoms with Crippen molar-refractivity contribution < 1.29 is 23.5 Å². The Kier molecular flexibility index (Phi) is 6.67. The molecule has 1 aliphatic heterocycles. The first-order valence-electron chi connectivity index (χ1n) is 9.67. The smallest absolute Gasteiger partial charge is 0.325 e. The number of halogens is 1. The van der Waals surface area contributed by atoms with Crippen molar-refractivity contribution in [3.05, 3.63) is 81.4 Å². The van der Waals surface area contributed by atoms with Crippen LogP contribution in [0.5, 0.6) is 0 Å². The van der Waals surface area contributed by atoms with Crippen LogP contribution in [0.1, 0.15) is 33.5 Å². The Labute approximate surface area is 192 Å². The molecule has 1 aromatic carbocycles. The predicted octanol–water partition coefficient (Wildman–Crippen LogP) is 3.65. The van der Waals surface area contributed by atoms with Crippen LogP contribution in [0.4, 0.5) is 0 Å². The monoisotopic (exact) mass is 471 g/mol. The van der Waals surface area contributed by atoms with E-state index in [4.69, 9.17) is 20.8 Å². The maximum Gasteiger partial charge on any atom is 0.325 e. The van der Waals surface area contributed by atoms with Crippen molar-refractivity contribution in [1.29, 1.82) is 0 Å². The molecule has 0 bridgehead atoms. The number of amides is 2. The molecule has 10 heteroatoms. The zero-order chi connectivity index (χ0) is 22.5. The number of benzene rings is 1. The third-order valence-corrected chi connectivity index (χ3v) is 5.83. The Hall–Kier alpha value is -3.43. The van der Waals surface area contributed by atoms with Crippen LogP contribution in [0.25, 0.3) is 0 Å². The molecule has 164 valence electrons. The second kappa shape index (κ2) is 9.80. The average Bonchev–Trinajstić information content (AvgIpc) is 3.56. The highest BCUT2D eigenvalue weighted by molar-refractivity contribution is 7.12. The zero-order valence-corrected chi connectivity index (χ0v) is 18.3. The summed E-state index contributed by atoms with van der Waals surface area (Å²) in [4.78, 5) is 37.2. The summed E-state index contributed by atoms with van der Waals surface area (Å²) in [5.41, 5.74) is 1.51. The number of nitrogens with zero attached hydrogens (tertiary/aromatic N) is 2. The molecule has 32 heavy (non-hydrogen) atoms. The minimum atomic E-state index is -0.723. The van der Waals surface area contributed by atoms with Gasteiger partial charge in [0.15, 0.2) is 6.61 Å². The summed E-state index contributed by atoms with van der Waals surface area (Å²) in [6.45, 7) is -0.854. The summed E-state index contributed by atoms with van der Waals surface area (Å²) in [7, 11) is 0. The van der Waals surface area contributed by atoms with E-state index in [-0.39, 0.29) is 12.5 Å². The first-order valence-corrected chi connectivity index (χ1v) is 10.9. The minimum absolute atomic E-state index is 0.342. The van der Waals surface area contributed by atoms with Gasteiger partial charge in [0.05, 0.1) is 16.9 Å². The summed E-state index contributed by atoms with van der Waals surface area (Å²) in [5.74, 6) is -1.04. The van der Waals surface area contributed by atoms with Crippen LogP contribution < -0.4 is 5.32 Å². The number of hydrogen-bond donors (Lipinski definition) is 1. The van der Waals surface area contributed by atoms with E-state index in [9.17, 15) is 14.4 Å². The van der Waals surface area contributed by atoms with Gasteiger partial charge >= 0.3 is 5.97 Å². The van der Waals surface area contributed by atoms with E-state index in [0.717, 1.165) is 5.56 Å². The molecule has 1 atom stereocenters. The van der Waals surface area contributed by atoms with Gasteiger partial charge in [0, 0.05) is 11.4 Å². The summed E-state index contributed by atoms with van der Waals surface area (Å²) in [6.07, 6.45) is 1.96. The van der Waals surface area contributed by atoms with Crippen LogP contribution in [-0.2, 0) is 14.3 Å². The Bertz CT molecular complexity index is 1130. The SMILES string of the molecule is O=C(CNC(=O)c1cccs1)OCC(=O)N1N=C(c2ccc(Cl)cc2)CC1c1ccco1. The maximum atomic E-state index is 12.8. The fraction of sp³-hybridized carbons (Fsp3) is 0.182. The summed E-state index contributed by atoms with van der Waals surface area (Å²) < 4.78 is 10.5. The van der Waals surface area contributed by atoms with Gasteiger partial charge in [-0.15, -0.1) is 11.3 Å². The van der Waals surface area contributed by atoms with Gasteiger partial charge in [0.2, 0.25) is 0 Å². The van der Waals surface area contributed by atoms with E-state index in [0.29, 0.717) is 27.8 Å². The zero-order valence-electron chi connectivity index (χ0n) is 16.7. The lowest BCUT2D eigenvalue weighted by molar-refractivity contribution is -0.152. The molecule has 2 amide bonds. The number of ether oxygens (including phenoxy) is 1. The molecule has 0 saturated heterocycles. The van der Waals surface area contributed by atoms with E-state index in [1.807, 2.05) is 12.1 Å². The third kappa shape index (κ3) is 5.06. The van der Waals surface area contributed by atoms with E-state index in [1.54, 1.807) is 41.8 Å². The van der Waals surface area contributed by atoms with Gasteiger partial charge in [0.1, 0.15) is 18.3 Å². The van der Waals surface area contributed by atoms with Crippen molar-refractivity contribution >= 4 is 46.4 Å². The average molecular weight is 472 g/mol. The van der Waals surface area contributed by atoms with Crippen LogP contribution in [0, 0.1) is 0 Å². The van der Waals surface area contributed by atoms with Gasteiger partial charge in [-0.3, -0.25) is 14.4 Å². The molecular weight excluding hydrogens is 454 g/mol. The van der Waals surface area contributed by atoms with Gasteiger partial charge < -0.3 is 14.5 Å². The number of hydrazone groups is 1. The van der Waals surface area contributed by atoms with Gasteiger partial charge in [-0.05, 0) is 41.3 Å². The highest BCUT2D eigenvalue weighted by Gasteiger charge is 2.35. The number of carbonyl (C=O) groups is 3. The highest BCUT2D eigenvalue weighted by atomic mass is 35.5. The van der Waals surface area contributed by atoms with E-state index >= 15 is 0 Å². The highest BCUT2D eigenvalue weighted by Crippen LogP contribution is 2.33. The standard InChI is InChI=1S/C22H18ClN3O5S/c23-15-7-5-14(6-8-15)16-11-17(18-3-1-9-30-18)26(25-16)20(27)13-31-21(28)12-24-22(29)19-4-2-10-32-19/h1-10,17H,11-13H2,(H,24,29). The van der Waals surface area contributed by atoms with Gasteiger partial charge in [-0.2, -0.15) is 5.10 Å². The maximum absolute atomic E-state index is 12.8. The molecule has 0 aliphatic carbocycles. The lowest BCUT2D eigenvalue weighted by Gasteiger charge is -2.19. The Morgan fingerprint density at radius 3 is 2.69 bits per heavy atom. The molecule has 0 spiro atoms. The fourth-order valence-electron chi connectivity index (χ4n) is 3.17. The molecule has 1 N–H and O–H groups in total. The third-order valence-electron chi connectivity index (χ3n) is 4.71. The molecule has 2 aromatic heterocycles. The van der Waals surface area contributed by atoms with E-state index in [2.05, 4.69) is 10.4 Å². The number of carbonyl (C=O) groups excluding carboxylic acids is 3. The first-order chi connectivity index (χ1) is 15.5. The molecule has 8 nitrogen and oxygen atoms in total. The van der Waals surface area contributed by atoms with Gasteiger partial charge in [-0.25, -0.2) is 5.01 Å². The molecule has 0 radical (unpaired) electrons. The number of nitrogens with one attached hydrogen (secondary N) is 1. The second-order valence-electron chi connectivity index (χ2n) is 6.85. The second-order valence-corrected chi connectivity index (χ2v) is 8.23. The number of thiophene rings is 1. The normalized spacial score (nSPS) is 15.3.